The van der Waals surface area contributed by atoms with Gasteiger partial charge < -0.3 is 0 Å². The molecule has 1 aromatic rings. The molecule has 0 heterocycles. The Bertz CT molecular complexity index is 477. The van der Waals surface area contributed by atoms with Gasteiger partial charge in [0.1, 0.15) is 5.41 Å². The summed E-state index contributed by atoms with van der Waals surface area (Å²) in [4.78, 5) is 25.1. The number of hydrogen-bond acceptors (Lipinski definition) is 2. The van der Waals surface area contributed by atoms with E-state index >= 15 is 0 Å². The van der Waals surface area contributed by atoms with Crippen LogP contribution in [0.5, 0.6) is 0 Å². The van der Waals surface area contributed by atoms with Crippen LogP contribution >= 0.6 is 22.6 Å². The third-order valence-electron chi connectivity index (χ3n) is 4.00. The minimum atomic E-state index is -0.855. The van der Waals surface area contributed by atoms with E-state index in [4.69, 9.17) is 0 Å². The third kappa shape index (κ3) is 2.62. The predicted molar refractivity (Wildman–Crippen MR) is 84.2 cm³/mol. The van der Waals surface area contributed by atoms with Crippen LogP contribution in [-0.2, 0) is 15.0 Å². The Morgan fingerprint density at radius 1 is 1.16 bits per heavy atom. The normalized spacial score (nSPS) is 18.6. The van der Waals surface area contributed by atoms with Crippen molar-refractivity contribution in [3.63, 3.8) is 0 Å². The predicted octanol–water partition coefficient (Wildman–Crippen LogP) is 4.04. The van der Waals surface area contributed by atoms with Crippen molar-refractivity contribution in [2.45, 2.75) is 50.9 Å². The molecular weight excluding hydrogens is 351 g/mol. The smallest absolute Gasteiger partial charge is 0.150 e. The van der Waals surface area contributed by atoms with Gasteiger partial charge in [0.25, 0.3) is 0 Å². The first-order valence-electron chi connectivity index (χ1n) is 6.94. The second-order valence-electron chi connectivity index (χ2n) is 5.19. The van der Waals surface area contributed by atoms with Crippen LogP contribution < -0.4 is 0 Å². The van der Waals surface area contributed by atoms with Crippen LogP contribution in [-0.4, -0.2) is 11.6 Å². The number of Topliss-reactive ketones (excluding diaryl/α,β-unsaturated/α-hetero) is 2. The summed E-state index contributed by atoms with van der Waals surface area (Å²) in [5, 5.41) is 0. The van der Waals surface area contributed by atoms with E-state index in [0.29, 0.717) is 19.3 Å². The van der Waals surface area contributed by atoms with Gasteiger partial charge in [0.15, 0.2) is 11.6 Å². The van der Waals surface area contributed by atoms with Crippen LogP contribution in [0.25, 0.3) is 0 Å². The number of halogens is 1. The van der Waals surface area contributed by atoms with Crippen LogP contribution in [0.15, 0.2) is 24.3 Å². The maximum absolute atomic E-state index is 12.6. The van der Waals surface area contributed by atoms with Gasteiger partial charge in [-0.1, -0.05) is 38.0 Å². The average Bonchev–Trinajstić information content (AvgIpc) is 2.40. The van der Waals surface area contributed by atoms with Gasteiger partial charge in [0.2, 0.25) is 0 Å². The van der Waals surface area contributed by atoms with Crippen LogP contribution in [0.2, 0.25) is 0 Å². The highest BCUT2D eigenvalue weighted by Gasteiger charge is 2.48. The van der Waals surface area contributed by atoms with Gasteiger partial charge in [-0.3, -0.25) is 9.59 Å². The van der Waals surface area contributed by atoms with Crippen LogP contribution in [0.4, 0.5) is 0 Å². The Hall–Kier alpha value is -0.710. The molecule has 0 aromatic heterocycles. The van der Waals surface area contributed by atoms with Crippen molar-refractivity contribution in [1.82, 2.24) is 0 Å². The largest absolute Gasteiger partial charge is 0.298 e. The lowest BCUT2D eigenvalue weighted by Gasteiger charge is -2.35. The fraction of sp³-hybridized carbons (Fsp3) is 0.500. The molecule has 0 amide bonds. The van der Waals surface area contributed by atoms with E-state index in [1.165, 1.54) is 0 Å². The standard InChI is InChI=1S/C16H19IO2/c1-2-3-11-16(12-7-4-5-8-13(12)17)14(18)9-6-10-15(16)19/h4-5,7-8H,2-3,6,9-11H2,1H3. The summed E-state index contributed by atoms with van der Waals surface area (Å²) in [6, 6.07) is 7.83. The molecule has 1 aromatic carbocycles. The fourth-order valence-electron chi connectivity index (χ4n) is 2.95. The van der Waals surface area contributed by atoms with Crippen LogP contribution in [0.3, 0.4) is 0 Å². The molecule has 3 heteroatoms. The highest BCUT2D eigenvalue weighted by atomic mass is 127. The maximum atomic E-state index is 12.6. The second-order valence-corrected chi connectivity index (χ2v) is 6.35. The van der Waals surface area contributed by atoms with Gasteiger partial charge in [0, 0.05) is 16.4 Å². The van der Waals surface area contributed by atoms with Crippen molar-refractivity contribution >= 4 is 34.2 Å². The zero-order valence-electron chi connectivity index (χ0n) is 11.2. The molecule has 1 aliphatic carbocycles. The molecule has 0 aliphatic heterocycles. The Balaban J connectivity index is 2.53. The van der Waals surface area contributed by atoms with E-state index < -0.39 is 5.41 Å². The molecule has 2 rings (SSSR count). The zero-order valence-corrected chi connectivity index (χ0v) is 13.4. The second kappa shape index (κ2) is 6.16. The molecule has 0 radical (unpaired) electrons. The van der Waals surface area contributed by atoms with E-state index in [0.717, 1.165) is 28.4 Å². The molecular formula is C16H19IO2. The summed E-state index contributed by atoms with van der Waals surface area (Å²) in [5.41, 5.74) is 0.0743. The van der Waals surface area contributed by atoms with Crippen LogP contribution in [0, 0.1) is 3.57 Å². The van der Waals surface area contributed by atoms with Gasteiger partial charge in [-0.25, -0.2) is 0 Å². The first kappa shape index (κ1) is 14.7. The molecule has 0 bridgehead atoms. The first-order chi connectivity index (χ1) is 9.13. The Morgan fingerprint density at radius 2 is 1.79 bits per heavy atom. The highest BCUT2D eigenvalue weighted by Crippen LogP contribution is 2.40. The van der Waals surface area contributed by atoms with Gasteiger partial charge in [-0.2, -0.15) is 0 Å². The quantitative estimate of drug-likeness (QED) is 0.592. The lowest BCUT2D eigenvalue weighted by Crippen LogP contribution is -2.47. The van der Waals surface area contributed by atoms with Crippen LogP contribution in [0.1, 0.15) is 51.0 Å². The number of ketones is 2. The Kier molecular flexibility index (Phi) is 4.76. The number of benzene rings is 1. The first-order valence-corrected chi connectivity index (χ1v) is 8.02. The van der Waals surface area contributed by atoms with E-state index in [1.807, 2.05) is 24.3 Å². The molecule has 0 spiro atoms. The van der Waals surface area contributed by atoms with Crippen molar-refractivity contribution in [2.24, 2.45) is 0 Å². The number of carbonyl (C=O) groups is 2. The van der Waals surface area contributed by atoms with Crippen molar-refractivity contribution in [3.8, 4) is 0 Å². The average molecular weight is 370 g/mol. The van der Waals surface area contributed by atoms with Gasteiger partial charge >= 0.3 is 0 Å². The molecule has 102 valence electrons. The molecule has 0 atom stereocenters. The summed E-state index contributed by atoms with van der Waals surface area (Å²) in [7, 11) is 0. The zero-order chi connectivity index (χ0) is 13.9. The van der Waals surface area contributed by atoms with Gasteiger partial charge in [-0.05, 0) is 47.1 Å². The summed E-state index contributed by atoms with van der Waals surface area (Å²) >= 11 is 2.24. The van der Waals surface area contributed by atoms with Crippen molar-refractivity contribution < 1.29 is 9.59 Å². The number of rotatable bonds is 4. The highest BCUT2D eigenvalue weighted by molar-refractivity contribution is 14.1. The Labute approximate surface area is 128 Å². The van der Waals surface area contributed by atoms with Crippen molar-refractivity contribution in [3.05, 3.63) is 33.4 Å². The Morgan fingerprint density at radius 3 is 2.37 bits per heavy atom. The third-order valence-corrected chi connectivity index (χ3v) is 4.94. The van der Waals surface area contributed by atoms with Crippen molar-refractivity contribution in [1.29, 1.82) is 0 Å². The van der Waals surface area contributed by atoms with Crippen molar-refractivity contribution in [2.75, 3.05) is 0 Å². The molecule has 1 aliphatic rings. The number of unbranched alkanes of at least 4 members (excludes halogenated alkanes) is 1. The molecule has 1 saturated carbocycles. The number of hydrogen-bond donors (Lipinski definition) is 0. The molecule has 2 nitrogen and oxygen atoms in total. The molecule has 0 saturated heterocycles. The minimum absolute atomic E-state index is 0.126. The molecule has 0 unspecified atom stereocenters. The van der Waals surface area contributed by atoms with E-state index in [2.05, 4.69) is 29.5 Å². The monoisotopic (exact) mass is 370 g/mol. The fourth-order valence-corrected chi connectivity index (χ4v) is 3.80. The summed E-state index contributed by atoms with van der Waals surface area (Å²) in [6.07, 6.45) is 4.39. The lowest BCUT2D eigenvalue weighted by atomic mass is 9.65. The molecule has 19 heavy (non-hydrogen) atoms. The van der Waals surface area contributed by atoms with Gasteiger partial charge in [0.05, 0.1) is 0 Å². The maximum Gasteiger partial charge on any atom is 0.150 e. The molecule has 0 N–H and O–H groups in total. The van der Waals surface area contributed by atoms with E-state index in [9.17, 15) is 9.59 Å². The van der Waals surface area contributed by atoms with E-state index in [-0.39, 0.29) is 11.6 Å². The van der Waals surface area contributed by atoms with Gasteiger partial charge in [-0.15, -0.1) is 0 Å². The summed E-state index contributed by atoms with van der Waals surface area (Å²) in [6.45, 7) is 2.10. The number of carbonyl (C=O) groups excluding carboxylic acids is 2. The topological polar surface area (TPSA) is 34.1 Å². The SMILES string of the molecule is CCCCC1(c2ccccc2I)C(=O)CCCC1=O. The minimum Gasteiger partial charge on any atom is -0.298 e. The molecule has 1 fully saturated rings. The summed E-state index contributed by atoms with van der Waals surface area (Å²) in [5.74, 6) is 0.252. The van der Waals surface area contributed by atoms with E-state index in [1.54, 1.807) is 0 Å². The summed E-state index contributed by atoms with van der Waals surface area (Å²) < 4.78 is 1.03. The lowest BCUT2D eigenvalue weighted by molar-refractivity contribution is -0.138.